The van der Waals surface area contributed by atoms with Crippen molar-refractivity contribution in [2.24, 2.45) is 5.92 Å². The Morgan fingerprint density at radius 3 is 2.27 bits per heavy atom. The summed E-state index contributed by atoms with van der Waals surface area (Å²) < 4.78 is 12.5. The van der Waals surface area contributed by atoms with Gasteiger partial charge >= 0.3 is 0 Å². The van der Waals surface area contributed by atoms with E-state index in [1.807, 2.05) is 82.3 Å². The molecule has 8 nitrogen and oxygen atoms in total. The molecule has 0 atom stereocenters. The molecule has 0 aliphatic heterocycles. The smallest absolute Gasteiger partial charge is 0.258 e. The molecule has 1 heterocycles. The summed E-state index contributed by atoms with van der Waals surface area (Å²) in [5, 5.41) is 7.87. The summed E-state index contributed by atoms with van der Waals surface area (Å²) in [6.45, 7) is 8.21. The number of hydrogen-bond donors (Lipinski definition) is 1. The molecule has 0 bridgehead atoms. The van der Waals surface area contributed by atoms with Gasteiger partial charge in [0, 0.05) is 18.2 Å². The van der Waals surface area contributed by atoms with Gasteiger partial charge in [0.2, 0.25) is 5.91 Å². The molecule has 1 N–H and O–H groups in total. The van der Waals surface area contributed by atoms with Crippen molar-refractivity contribution in [1.29, 1.82) is 0 Å². The monoisotopic (exact) mass is 540 g/mol. The Kier molecular flexibility index (Phi) is 8.89. The summed E-state index contributed by atoms with van der Waals surface area (Å²) in [6, 6.07) is 22.8. The van der Waals surface area contributed by atoms with Crippen molar-refractivity contribution in [3.8, 4) is 28.3 Å². The van der Waals surface area contributed by atoms with Crippen molar-refractivity contribution < 1.29 is 19.1 Å². The number of methoxy groups -OCH3 is 2. The largest absolute Gasteiger partial charge is 0.497 e. The molecule has 208 valence electrons. The lowest BCUT2D eigenvalue weighted by molar-refractivity contribution is -0.117. The summed E-state index contributed by atoms with van der Waals surface area (Å²) in [6.07, 6.45) is 0. The number of nitrogens with zero attached hydrogens (tertiary/aromatic N) is 3. The topological polar surface area (TPSA) is 85.7 Å². The van der Waals surface area contributed by atoms with E-state index in [1.54, 1.807) is 34.9 Å². The van der Waals surface area contributed by atoms with E-state index in [1.165, 1.54) is 7.11 Å². The predicted octanol–water partition coefficient (Wildman–Crippen LogP) is 5.91. The van der Waals surface area contributed by atoms with Crippen molar-refractivity contribution in [2.45, 2.75) is 27.7 Å². The second-order valence-electron chi connectivity index (χ2n) is 10.1. The van der Waals surface area contributed by atoms with Crippen molar-refractivity contribution in [3.05, 3.63) is 89.6 Å². The van der Waals surface area contributed by atoms with Gasteiger partial charge in [-0.1, -0.05) is 61.9 Å². The minimum atomic E-state index is -0.327. The second-order valence-corrected chi connectivity index (χ2v) is 10.1. The number of carbonyl (C=O) groups is 2. The van der Waals surface area contributed by atoms with Crippen LogP contribution in [0.4, 0.5) is 5.82 Å². The van der Waals surface area contributed by atoms with Crippen LogP contribution >= 0.6 is 0 Å². The van der Waals surface area contributed by atoms with Crippen LogP contribution in [0.25, 0.3) is 16.8 Å². The fourth-order valence-corrected chi connectivity index (χ4v) is 4.62. The number of nitrogens with one attached hydrogen (secondary N) is 1. The molecule has 0 aliphatic carbocycles. The molecular formula is C32H36N4O4. The normalized spacial score (nSPS) is 10.9. The molecule has 3 aromatic carbocycles. The van der Waals surface area contributed by atoms with E-state index in [2.05, 4.69) is 5.32 Å². The molecule has 2 amide bonds. The fourth-order valence-electron chi connectivity index (χ4n) is 4.62. The van der Waals surface area contributed by atoms with E-state index in [9.17, 15) is 9.59 Å². The van der Waals surface area contributed by atoms with Gasteiger partial charge in [-0.25, -0.2) is 4.68 Å². The van der Waals surface area contributed by atoms with Crippen LogP contribution in [0, 0.1) is 19.8 Å². The first-order valence-corrected chi connectivity index (χ1v) is 13.2. The number of benzene rings is 3. The number of amides is 2. The molecule has 0 saturated carbocycles. The van der Waals surface area contributed by atoms with Crippen molar-refractivity contribution >= 4 is 17.6 Å². The van der Waals surface area contributed by atoms with Gasteiger partial charge in [0.05, 0.1) is 31.2 Å². The molecule has 4 aromatic rings. The van der Waals surface area contributed by atoms with Crippen LogP contribution in [0.2, 0.25) is 0 Å². The number of anilines is 1. The van der Waals surface area contributed by atoms with Crippen molar-refractivity contribution in [2.75, 3.05) is 32.6 Å². The number of aryl methyl sites for hydroxylation is 2. The van der Waals surface area contributed by atoms with Gasteiger partial charge in [0.15, 0.2) is 0 Å². The number of aromatic nitrogens is 2. The van der Waals surface area contributed by atoms with Crippen LogP contribution in [0.15, 0.2) is 72.8 Å². The van der Waals surface area contributed by atoms with Crippen LogP contribution in [0.1, 0.15) is 35.5 Å². The zero-order valence-electron chi connectivity index (χ0n) is 23.9. The van der Waals surface area contributed by atoms with Gasteiger partial charge < -0.3 is 19.7 Å². The number of ether oxygens (including phenoxy) is 2. The van der Waals surface area contributed by atoms with Gasteiger partial charge in [-0.05, 0) is 49.6 Å². The highest BCUT2D eigenvalue weighted by atomic mass is 16.5. The first-order chi connectivity index (χ1) is 19.2. The van der Waals surface area contributed by atoms with E-state index >= 15 is 0 Å². The van der Waals surface area contributed by atoms with Gasteiger partial charge in [0.1, 0.15) is 23.9 Å². The van der Waals surface area contributed by atoms with Crippen LogP contribution in [-0.4, -0.2) is 53.8 Å². The highest BCUT2D eigenvalue weighted by Gasteiger charge is 2.25. The lowest BCUT2D eigenvalue weighted by Gasteiger charge is -2.25. The third kappa shape index (κ3) is 6.34. The average molecular weight is 541 g/mol. The molecule has 0 unspecified atom stereocenters. The molecule has 0 fully saturated rings. The maximum absolute atomic E-state index is 13.7. The number of rotatable bonds is 10. The maximum atomic E-state index is 13.7. The molecular weight excluding hydrogens is 504 g/mol. The Morgan fingerprint density at radius 2 is 1.65 bits per heavy atom. The Morgan fingerprint density at radius 1 is 0.950 bits per heavy atom. The van der Waals surface area contributed by atoms with Crippen LogP contribution in [-0.2, 0) is 4.79 Å². The number of hydrogen-bond acceptors (Lipinski definition) is 5. The summed E-state index contributed by atoms with van der Waals surface area (Å²) >= 11 is 0. The molecule has 0 aliphatic rings. The fraction of sp³-hybridized carbons (Fsp3) is 0.281. The highest BCUT2D eigenvalue weighted by molar-refractivity contribution is 6.02. The zero-order chi connectivity index (χ0) is 28.8. The van der Waals surface area contributed by atoms with Crippen molar-refractivity contribution in [3.63, 3.8) is 0 Å². The molecule has 0 radical (unpaired) electrons. The van der Waals surface area contributed by atoms with Crippen molar-refractivity contribution in [1.82, 2.24) is 14.7 Å². The second kappa shape index (κ2) is 12.5. The Bertz CT molecular complexity index is 1480. The Balaban J connectivity index is 1.69. The molecule has 40 heavy (non-hydrogen) atoms. The van der Waals surface area contributed by atoms with E-state index in [4.69, 9.17) is 14.6 Å². The molecule has 8 heteroatoms. The quantitative estimate of drug-likeness (QED) is 0.270. The molecule has 0 saturated heterocycles. The summed E-state index contributed by atoms with van der Waals surface area (Å²) in [5.41, 5.74) is 4.85. The first-order valence-electron chi connectivity index (χ1n) is 13.2. The van der Waals surface area contributed by atoms with Gasteiger partial charge in [-0.15, -0.1) is 0 Å². The average Bonchev–Trinajstić information content (AvgIpc) is 3.27. The Labute approximate surface area is 235 Å². The lowest BCUT2D eigenvalue weighted by atomic mass is 10.1. The standard InChI is InChI=1S/C32H36N4O4/c1-21(2)19-35(32(38)27-17-16-26(39-5)18-28(27)40-6)20-29(37)33-31-30(24-10-8-7-9-11-24)23(4)34-36(31)25-14-12-22(3)13-15-25/h7-18,21H,19-20H2,1-6H3,(H,33,37). The zero-order valence-corrected chi connectivity index (χ0v) is 23.9. The van der Waals surface area contributed by atoms with E-state index in [0.29, 0.717) is 29.4 Å². The van der Waals surface area contributed by atoms with Crippen LogP contribution in [0.3, 0.4) is 0 Å². The predicted molar refractivity (Wildman–Crippen MR) is 157 cm³/mol. The highest BCUT2D eigenvalue weighted by Crippen LogP contribution is 2.33. The molecule has 0 spiro atoms. The van der Waals surface area contributed by atoms with E-state index < -0.39 is 0 Å². The first kappa shape index (κ1) is 28.4. The van der Waals surface area contributed by atoms with Gasteiger partial charge in [0.25, 0.3) is 5.91 Å². The minimum absolute atomic E-state index is 0.140. The third-order valence-corrected chi connectivity index (χ3v) is 6.51. The summed E-state index contributed by atoms with van der Waals surface area (Å²) in [4.78, 5) is 28.8. The molecule has 4 rings (SSSR count). The third-order valence-electron chi connectivity index (χ3n) is 6.51. The van der Waals surface area contributed by atoms with Crippen LogP contribution in [0.5, 0.6) is 11.5 Å². The minimum Gasteiger partial charge on any atom is -0.497 e. The van der Waals surface area contributed by atoms with E-state index in [0.717, 1.165) is 28.1 Å². The summed E-state index contributed by atoms with van der Waals surface area (Å²) in [5.74, 6) is 1.03. The van der Waals surface area contributed by atoms with E-state index in [-0.39, 0.29) is 24.3 Å². The number of carbonyl (C=O) groups excluding carboxylic acids is 2. The molecule has 1 aromatic heterocycles. The van der Waals surface area contributed by atoms with Gasteiger partial charge in [-0.2, -0.15) is 5.10 Å². The van der Waals surface area contributed by atoms with Gasteiger partial charge in [-0.3, -0.25) is 9.59 Å². The lowest BCUT2D eigenvalue weighted by Crippen LogP contribution is -2.40. The SMILES string of the molecule is COc1ccc(C(=O)N(CC(=O)Nc2c(-c3ccccc3)c(C)nn2-c2ccc(C)cc2)CC(C)C)c(OC)c1. The Hall–Kier alpha value is -4.59. The maximum Gasteiger partial charge on any atom is 0.258 e. The summed E-state index contributed by atoms with van der Waals surface area (Å²) in [7, 11) is 3.06. The van der Waals surface area contributed by atoms with Crippen LogP contribution < -0.4 is 14.8 Å².